The number of carbonyl (C=O) groups excluding carboxylic acids is 2. The first kappa shape index (κ1) is 14.6. The number of carbonyl (C=O) groups is 2. The Hall–Kier alpha value is -1.48. The molecule has 0 aromatic heterocycles. The molecule has 0 saturated carbocycles. The Kier molecular flexibility index (Phi) is 3.77. The Morgan fingerprint density at radius 3 is 2.39 bits per heavy atom. The van der Waals surface area contributed by atoms with Crippen molar-refractivity contribution in [3.8, 4) is 0 Å². The molecular formula is C15H20O3. The smallest absolute Gasteiger partial charge is 0.222 e. The van der Waals surface area contributed by atoms with Crippen molar-refractivity contribution in [3.05, 3.63) is 35.5 Å². The maximum absolute atomic E-state index is 11.9. The molecule has 1 aliphatic rings. The highest BCUT2D eigenvalue weighted by molar-refractivity contribution is 6.44. The molecule has 3 heteroatoms. The van der Waals surface area contributed by atoms with Gasteiger partial charge in [0.25, 0.3) is 0 Å². The molecule has 0 amide bonds. The van der Waals surface area contributed by atoms with E-state index in [-0.39, 0.29) is 0 Å². The topological polar surface area (TPSA) is 54.4 Å². The van der Waals surface area contributed by atoms with E-state index in [9.17, 15) is 14.7 Å². The second-order valence-corrected chi connectivity index (χ2v) is 5.28. The lowest BCUT2D eigenvalue weighted by Crippen LogP contribution is -2.54. The minimum atomic E-state index is -1.41. The van der Waals surface area contributed by atoms with E-state index in [1.54, 1.807) is 32.9 Å². The first-order chi connectivity index (χ1) is 8.16. The molecule has 18 heavy (non-hydrogen) atoms. The fourth-order valence-electron chi connectivity index (χ4n) is 2.03. The van der Waals surface area contributed by atoms with E-state index in [1.165, 1.54) is 6.08 Å². The molecule has 0 saturated heterocycles. The molecule has 0 fully saturated rings. The standard InChI is InChI=1S/C15H20O3/c1-6-10(2)7-8-15(18)11(3)9-12(16)13(17)14(15,4)5/h6-9,18H,1-5H3. The van der Waals surface area contributed by atoms with Gasteiger partial charge in [0, 0.05) is 0 Å². The van der Waals surface area contributed by atoms with Gasteiger partial charge in [0.05, 0.1) is 5.41 Å². The summed E-state index contributed by atoms with van der Waals surface area (Å²) in [5, 5.41) is 10.7. The van der Waals surface area contributed by atoms with E-state index in [1.807, 2.05) is 19.9 Å². The number of hydrogen-bond donors (Lipinski definition) is 1. The summed E-state index contributed by atoms with van der Waals surface area (Å²) in [4.78, 5) is 23.4. The van der Waals surface area contributed by atoms with Gasteiger partial charge in [-0.15, -0.1) is 0 Å². The van der Waals surface area contributed by atoms with Crippen LogP contribution in [0.15, 0.2) is 35.5 Å². The van der Waals surface area contributed by atoms with Crippen LogP contribution in [0.1, 0.15) is 34.6 Å². The van der Waals surface area contributed by atoms with Gasteiger partial charge in [0.2, 0.25) is 11.6 Å². The van der Waals surface area contributed by atoms with Gasteiger partial charge in [-0.25, -0.2) is 0 Å². The van der Waals surface area contributed by atoms with Crippen molar-refractivity contribution in [2.75, 3.05) is 0 Å². The Balaban J connectivity index is 3.35. The second-order valence-electron chi connectivity index (χ2n) is 5.28. The van der Waals surface area contributed by atoms with Gasteiger partial charge in [0.1, 0.15) is 5.60 Å². The molecular weight excluding hydrogens is 228 g/mol. The van der Waals surface area contributed by atoms with Crippen LogP contribution in [0.4, 0.5) is 0 Å². The summed E-state index contributed by atoms with van der Waals surface area (Å²) in [6.45, 7) is 8.66. The number of ketones is 2. The summed E-state index contributed by atoms with van der Waals surface area (Å²) < 4.78 is 0. The number of Topliss-reactive ketones (excluding diaryl/α,β-unsaturated/α-hetero) is 1. The van der Waals surface area contributed by atoms with Gasteiger partial charge < -0.3 is 5.11 Å². The maximum atomic E-state index is 11.9. The first-order valence-electron chi connectivity index (χ1n) is 5.99. The molecule has 0 aromatic rings. The highest BCUT2D eigenvalue weighted by Crippen LogP contribution is 2.42. The predicted octanol–water partition coefficient (Wildman–Crippen LogP) is 2.36. The lowest BCUT2D eigenvalue weighted by molar-refractivity contribution is -0.147. The lowest BCUT2D eigenvalue weighted by Gasteiger charge is -2.42. The molecule has 3 nitrogen and oxygen atoms in total. The highest BCUT2D eigenvalue weighted by Gasteiger charge is 2.52. The van der Waals surface area contributed by atoms with Crippen molar-refractivity contribution in [3.63, 3.8) is 0 Å². The monoisotopic (exact) mass is 248 g/mol. The van der Waals surface area contributed by atoms with Crippen LogP contribution in [0.25, 0.3) is 0 Å². The lowest BCUT2D eigenvalue weighted by atomic mass is 9.64. The Labute approximate surface area is 108 Å². The number of allylic oxidation sites excluding steroid dienone is 4. The summed E-state index contributed by atoms with van der Waals surface area (Å²) in [6, 6.07) is 0. The minimum Gasteiger partial charge on any atom is -0.380 e. The molecule has 1 rings (SSSR count). The van der Waals surface area contributed by atoms with E-state index >= 15 is 0 Å². The average Bonchev–Trinajstić information content (AvgIpc) is 2.32. The van der Waals surface area contributed by atoms with Crippen LogP contribution in [0.2, 0.25) is 0 Å². The Morgan fingerprint density at radius 2 is 1.89 bits per heavy atom. The summed E-state index contributed by atoms with van der Waals surface area (Å²) in [7, 11) is 0. The van der Waals surface area contributed by atoms with E-state index in [2.05, 4.69) is 0 Å². The van der Waals surface area contributed by atoms with E-state index in [4.69, 9.17) is 0 Å². The van der Waals surface area contributed by atoms with Crippen LogP contribution in [0, 0.1) is 5.41 Å². The maximum Gasteiger partial charge on any atom is 0.222 e. The van der Waals surface area contributed by atoms with Gasteiger partial charge in [0.15, 0.2) is 0 Å². The number of aliphatic hydroxyl groups is 1. The summed E-state index contributed by atoms with van der Waals surface area (Å²) in [6.07, 6.45) is 6.49. The van der Waals surface area contributed by atoms with E-state index in [0.29, 0.717) is 5.57 Å². The van der Waals surface area contributed by atoms with Crippen LogP contribution in [-0.2, 0) is 9.59 Å². The molecule has 0 bridgehead atoms. The van der Waals surface area contributed by atoms with Crippen LogP contribution >= 0.6 is 0 Å². The first-order valence-corrected chi connectivity index (χ1v) is 5.99. The van der Waals surface area contributed by atoms with Gasteiger partial charge in [-0.05, 0) is 52.3 Å². The number of hydrogen-bond acceptors (Lipinski definition) is 3. The van der Waals surface area contributed by atoms with E-state index < -0.39 is 22.6 Å². The Morgan fingerprint density at radius 1 is 1.33 bits per heavy atom. The molecule has 1 atom stereocenters. The molecule has 0 heterocycles. The summed E-state index contributed by atoms with van der Waals surface area (Å²) in [5.41, 5.74) is -1.08. The molecule has 0 aliphatic heterocycles. The molecule has 1 aliphatic carbocycles. The molecule has 0 aromatic carbocycles. The SMILES string of the molecule is CC=C(C)C=CC1(O)C(C)=CC(=O)C(=O)C1(C)C. The van der Waals surface area contributed by atoms with Crippen molar-refractivity contribution >= 4 is 11.6 Å². The third kappa shape index (κ3) is 2.10. The Bertz CT molecular complexity index is 478. The van der Waals surface area contributed by atoms with Crippen molar-refractivity contribution in [1.82, 2.24) is 0 Å². The fraction of sp³-hybridized carbons (Fsp3) is 0.467. The zero-order valence-corrected chi connectivity index (χ0v) is 11.6. The summed E-state index contributed by atoms with van der Waals surface area (Å²) >= 11 is 0. The fourth-order valence-corrected chi connectivity index (χ4v) is 2.03. The molecule has 98 valence electrons. The van der Waals surface area contributed by atoms with Crippen molar-refractivity contribution < 1.29 is 14.7 Å². The average molecular weight is 248 g/mol. The third-order valence-electron chi connectivity index (χ3n) is 3.74. The van der Waals surface area contributed by atoms with Crippen LogP contribution in [0.3, 0.4) is 0 Å². The van der Waals surface area contributed by atoms with Crippen LogP contribution in [0.5, 0.6) is 0 Å². The van der Waals surface area contributed by atoms with Crippen molar-refractivity contribution in [2.45, 2.75) is 40.2 Å². The van der Waals surface area contributed by atoms with Crippen molar-refractivity contribution in [2.24, 2.45) is 5.41 Å². The van der Waals surface area contributed by atoms with Gasteiger partial charge in [-0.2, -0.15) is 0 Å². The van der Waals surface area contributed by atoms with Gasteiger partial charge in [-0.3, -0.25) is 9.59 Å². The number of rotatable bonds is 2. The zero-order chi connectivity index (χ0) is 14.1. The summed E-state index contributed by atoms with van der Waals surface area (Å²) in [5.74, 6) is -1.10. The predicted molar refractivity (Wildman–Crippen MR) is 71.1 cm³/mol. The largest absolute Gasteiger partial charge is 0.380 e. The quantitative estimate of drug-likeness (QED) is 0.603. The van der Waals surface area contributed by atoms with Crippen molar-refractivity contribution in [1.29, 1.82) is 0 Å². The van der Waals surface area contributed by atoms with Gasteiger partial charge in [-0.1, -0.05) is 17.7 Å². The normalized spacial score (nSPS) is 28.8. The third-order valence-corrected chi connectivity index (χ3v) is 3.74. The zero-order valence-electron chi connectivity index (χ0n) is 11.6. The molecule has 1 unspecified atom stereocenters. The highest BCUT2D eigenvalue weighted by atomic mass is 16.3. The van der Waals surface area contributed by atoms with Crippen LogP contribution < -0.4 is 0 Å². The minimum absolute atomic E-state index is 0.497. The molecule has 0 radical (unpaired) electrons. The molecule has 0 spiro atoms. The van der Waals surface area contributed by atoms with Crippen LogP contribution in [-0.4, -0.2) is 22.3 Å². The van der Waals surface area contributed by atoms with Gasteiger partial charge >= 0.3 is 0 Å². The van der Waals surface area contributed by atoms with E-state index in [0.717, 1.165) is 5.57 Å². The molecule has 1 N–H and O–H groups in total. The second kappa shape index (κ2) is 4.65.